The third kappa shape index (κ3) is 3.47. The van der Waals surface area contributed by atoms with Gasteiger partial charge >= 0.3 is 0 Å². The number of hydrogen-bond donors (Lipinski definition) is 0. The Kier molecular flexibility index (Phi) is 4.95. The van der Waals surface area contributed by atoms with E-state index in [4.69, 9.17) is 0 Å². The van der Waals surface area contributed by atoms with Gasteiger partial charge in [0.05, 0.1) is 10.1 Å². The van der Waals surface area contributed by atoms with Crippen molar-refractivity contribution in [2.45, 2.75) is 27.9 Å². The van der Waals surface area contributed by atoms with Crippen LogP contribution in [-0.2, 0) is 19.9 Å². The van der Waals surface area contributed by atoms with Crippen LogP contribution in [0.25, 0.3) is 0 Å². The molecular formula is C17H18FNO4S2. The Hall–Kier alpha value is -1.77. The molecule has 2 aromatic carbocycles. The fourth-order valence-corrected chi connectivity index (χ4v) is 6.27. The maximum atomic E-state index is 13.8. The lowest BCUT2D eigenvalue weighted by atomic mass is 10.2. The van der Waals surface area contributed by atoms with Gasteiger partial charge in [-0.15, -0.1) is 0 Å². The highest BCUT2D eigenvalue weighted by Gasteiger charge is 2.36. The normalized spacial score (nSPS) is 17.5. The smallest absolute Gasteiger partial charge is 0.223 e. The van der Waals surface area contributed by atoms with Crippen LogP contribution in [0.1, 0.15) is 12.8 Å². The third-order valence-corrected chi connectivity index (χ3v) is 8.58. The molecular weight excluding hydrogens is 365 g/mol. The number of sulfone groups is 1. The van der Waals surface area contributed by atoms with Crippen LogP contribution < -0.4 is 0 Å². The molecule has 1 aliphatic heterocycles. The molecule has 0 saturated carbocycles. The Morgan fingerprint density at radius 3 is 2.00 bits per heavy atom. The molecule has 0 bridgehead atoms. The average molecular weight is 383 g/mol. The van der Waals surface area contributed by atoms with Crippen molar-refractivity contribution in [1.29, 1.82) is 0 Å². The maximum absolute atomic E-state index is 13.8. The molecule has 1 fully saturated rings. The van der Waals surface area contributed by atoms with Crippen LogP contribution in [0.5, 0.6) is 0 Å². The molecule has 8 heteroatoms. The molecule has 1 saturated heterocycles. The highest BCUT2D eigenvalue weighted by molar-refractivity contribution is 7.92. The molecule has 25 heavy (non-hydrogen) atoms. The van der Waals surface area contributed by atoms with Crippen LogP contribution in [0.4, 0.5) is 4.39 Å². The number of nitrogens with zero attached hydrogens (tertiary/aromatic N) is 1. The van der Waals surface area contributed by atoms with Gasteiger partial charge in [-0.25, -0.2) is 21.2 Å². The second-order valence-corrected chi connectivity index (χ2v) is 10.0. The molecule has 3 rings (SSSR count). The van der Waals surface area contributed by atoms with Crippen LogP contribution in [0, 0.1) is 5.82 Å². The van der Waals surface area contributed by atoms with Crippen molar-refractivity contribution in [2.24, 2.45) is 0 Å². The van der Waals surface area contributed by atoms with Gasteiger partial charge in [-0.1, -0.05) is 30.3 Å². The highest BCUT2D eigenvalue weighted by Crippen LogP contribution is 2.28. The van der Waals surface area contributed by atoms with E-state index in [9.17, 15) is 21.2 Å². The SMILES string of the molecule is O=S(=O)(c1ccccc1)C1CCN(S(=O)(=O)c2ccccc2F)CC1. The number of hydrogen-bond acceptors (Lipinski definition) is 4. The van der Waals surface area contributed by atoms with Crippen molar-refractivity contribution >= 4 is 19.9 Å². The van der Waals surface area contributed by atoms with Gasteiger partial charge < -0.3 is 0 Å². The monoisotopic (exact) mass is 383 g/mol. The fraction of sp³-hybridized carbons (Fsp3) is 0.294. The summed E-state index contributed by atoms with van der Waals surface area (Å²) in [5.74, 6) is -0.804. The van der Waals surface area contributed by atoms with E-state index in [1.54, 1.807) is 18.2 Å². The molecule has 0 aromatic heterocycles. The van der Waals surface area contributed by atoms with Gasteiger partial charge in [-0.2, -0.15) is 4.31 Å². The number of benzene rings is 2. The maximum Gasteiger partial charge on any atom is 0.245 e. The summed E-state index contributed by atoms with van der Waals surface area (Å²) in [6.45, 7) is 0.0980. The minimum absolute atomic E-state index is 0.0490. The van der Waals surface area contributed by atoms with Gasteiger partial charge in [0.2, 0.25) is 10.0 Å². The van der Waals surface area contributed by atoms with Gasteiger partial charge in [-0.05, 0) is 37.1 Å². The van der Waals surface area contributed by atoms with E-state index in [2.05, 4.69) is 0 Å². The Bertz CT molecular complexity index is 951. The molecule has 5 nitrogen and oxygen atoms in total. The summed E-state index contributed by atoms with van der Waals surface area (Å²) < 4.78 is 65.4. The van der Waals surface area contributed by atoms with Crippen molar-refractivity contribution in [3.05, 3.63) is 60.4 Å². The van der Waals surface area contributed by atoms with E-state index in [0.717, 1.165) is 10.4 Å². The molecule has 0 unspecified atom stereocenters. The van der Waals surface area contributed by atoms with Crippen LogP contribution in [0.3, 0.4) is 0 Å². The Morgan fingerprint density at radius 2 is 1.40 bits per heavy atom. The van der Waals surface area contributed by atoms with Gasteiger partial charge in [-0.3, -0.25) is 0 Å². The van der Waals surface area contributed by atoms with Crippen molar-refractivity contribution in [1.82, 2.24) is 4.31 Å². The molecule has 0 atom stereocenters. The number of sulfonamides is 1. The van der Waals surface area contributed by atoms with E-state index >= 15 is 0 Å². The summed E-state index contributed by atoms with van der Waals surface area (Å²) in [5.41, 5.74) is 0. The van der Waals surface area contributed by atoms with E-state index in [0.29, 0.717) is 0 Å². The van der Waals surface area contributed by atoms with E-state index in [1.165, 1.54) is 30.3 Å². The van der Waals surface area contributed by atoms with Gasteiger partial charge in [0.15, 0.2) is 9.84 Å². The zero-order chi connectivity index (χ0) is 18.1. The summed E-state index contributed by atoms with van der Waals surface area (Å²) in [4.78, 5) is -0.134. The lowest BCUT2D eigenvalue weighted by molar-refractivity contribution is 0.344. The molecule has 0 amide bonds. The number of rotatable bonds is 4. The zero-order valence-electron chi connectivity index (χ0n) is 13.4. The van der Waals surface area contributed by atoms with E-state index in [-0.39, 0.29) is 35.7 Å². The first-order valence-corrected chi connectivity index (χ1v) is 10.9. The molecule has 1 heterocycles. The molecule has 134 valence electrons. The van der Waals surface area contributed by atoms with Crippen molar-refractivity contribution in [2.75, 3.05) is 13.1 Å². The molecule has 1 aliphatic rings. The number of piperidine rings is 1. The second kappa shape index (κ2) is 6.86. The summed E-state index contributed by atoms with van der Waals surface area (Å²) in [6.07, 6.45) is 0.371. The quantitative estimate of drug-likeness (QED) is 0.813. The topological polar surface area (TPSA) is 71.5 Å². The predicted molar refractivity (Wildman–Crippen MR) is 91.8 cm³/mol. The van der Waals surface area contributed by atoms with Gasteiger partial charge in [0.1, 0.15) is 10.7 Å². The Balaban J connectivity index is 1.77. The van der Waals surface area contributed by atoms with Crippen molar-refractivity contribution in [3.8, 4) is 0 Å². The standard InChI is InChI=1S/C17H18FNO4S2/c18-16-8-4-5-9-17(16)25(22,23)19-12-10-15(11-13-19)24(20,21)14-6-2-1-3-7-14/h1-9,15H,10-13H2. The minimum Gasteiger partial charge on any atom is -0.223 e. The first-order valence-electron chi connectivity index (χ1n) is 7.87. The largest absolute Gasteiger partial charge is 0.245 e. The van der Waals surface area contributed by atoms with Crippen molar-refractivity contribution in [3.63, 3.8) is 0 Å². The van der Waals surface area contributed by atoms with Gasteiger partial charge in [0.25, 0.3) is 0 Å². The van der Waals surface area contributed by atoms with Crippen molar-refractivity contribution < 1.29 is 21.2 Å². The molecule has 0 aliphatic carbocycles. The van der Waals surface area contributed by atoms with Crippen LogP contribution in [0.15, 0.2) is 64.4 Å². The van der Waals surface area contributed by atoms with Crippen LogP contribution in [0.2, 0.25) is 0 Å². The van der Waals surface area contributed by atoms with E-state index in [1.807, 2.05) is 0 Å². The summed E-state index contributed by atoms with van der Waals surface area (Å²) in [6, 6.07) is 13.3. The third-order valence-electron chi connectivity index (χ3n) is 4.37. The summed E-state index contributed by atoms with van der Waals surface area (Å²) in [5, 5.41) is -0.637. The molecule has 0 N–H and O–H groups in total. The summed E-state index contributed by atoms with van der Waals surface area (Å²) in [7, 11) is -7.46. The molecule has 0 radical (unpaired) electrons. The fourth-order valence-electron chi connectivity index (χ4n) is 2.98. The summed E-state index contributed by atoms with van der Waals surface area (Å²) >= 11 is 0. The van der Waals surface area contributed by atoms with Gasteiger partial charge in [0, 0.05) is 13.1 Å². The minimum atomic E-state index is -3.96. The van der Waals surface area contributed by atoms with Crippen LogP contribution in [-0.4, -0.2) is 39.5 Å². The molecule has 2 aromatic rings. The second-order valence-electron chi connectivity index (χ2n) is 5.89. The average Bonchev–Trinajstić information content (AvgIpc) is 2.63. The lowest BCUT2D eigenvalue weighted by Crippen LogP contribution is -2.42. The predicted octanol–water partition coefficient (Wildman–Crippen LogP) is 2.45. The first-order chi connectivity index (χ1) is 11.8. The Morgan fingerprint density at radius 1 is 0.840 bits per heavy atom. The van der Waals surface area contributed by atoms with Crippen LogP contribution >= 0.6 is 0 Å². The first kappa shape index (κ1) is 18.0. The highest BCUT2D eigenvalue weighted by atomic mass is 32.2. The molecule has 0 spiro atoms. The van der Waals surface area contributed by atoms with E-state index < -0.39 is 30.9 Å². The zero-order valence-corrected chi connectivity index (χ0v) is 15.0. The number of halogens is 1. The Labute approximate surface area is 147 Å². The lowest BCUT2D eigenvalue weighted by Gasteiger charge is -2.31.